The average Bonchev–Trinajstić information content (AvgIpc) is 2.18. The quantitative estimate of drug-likeness (QED) is 0.714. The summed E-state index contributed by atoms with van der Waals surface area (Å²) in [5.41, 5.74) is 0.156. The average molecular weight is 182 g/mol. The van der Waals surface area contributed by atoms with Crippen LogP contribution in [0.5, 0.6) is 5.88 Å². The molecular weight excluding hydrogens is 168 g/mol. The standard InChI is InChI=1S/C9H14N2O2/c1-9(2,13-10)7-5-4-6-8(11-7)12-3/h4-6H,10H2,1-3H3. The fourth-order valence-corrected chi connectivity index (χ4v) is 0.924. The highest BCUT2D eigenvalue weighted by Gasteiger charge is 2.22. The van der Waals surface area contributed by atoms with E-state index in [2.05, 4.69) is 4.98 Å². The number of pyridine rings is 1. The van der Waals surface area contributed by atoms with Crippen LogP contribution in [0.2, 0.25) is 0 Å². The van der Waals surface area contributed by atoms with Crippen molar-refractivity contribution in [2.45, 2.75) is 19.4 Å². The number of methoxy groups -OCH3 is 1. The summed E-state index contributed by atoms with van der Waals surface area (Å²) in [4.78, 5) is 9.01. The zero-order chi connectivity index (χ0) is 9.90. The summed E-state index contributed by atoms with van der Waals surface area (Å²) in [7, 11) is 1.57. The lowest BCUT2D eigenvalue weighted by Crippen LogP contribution is -2.26. The molecule has 0 fully saturated rings. The molecule has 0 bridgehead atoms. The molecule has 1 rings (SSSR count). The van der Waals surface area contributed by atoms with Crippen molar-refractivity contribution in [1.29, 1.82) is 0 Å². The Morgan fingerprint density at radius 1 is 1.38 bits per heavy atom. The molecule has 0 aliphatic heterocycles. The van der Waals surface area contributed by atoms with Gasteiger partial charge in [-0.1, -0.05) is 6.07 Å². The van der Waals surface area contributed by atoms with Gasteiger partial charge in [0.15, 0.2) is 0 Å². The van der Waals surface area contributed by atoms with Gasteiger partial charge in [-0.25, -0.2) is 10.9 Å². The molecule has 0 unspecified atom stereocenters. The van der Waals surface area contributed by atoms with Crippen molar-refractivity contribution in [3.63, 3.8) is 0 Å². The van der Waals surface area contributed by atoms with Gasteiger partial charge in [-0.3, -0.25) is 4.84 Å². The number of rotatable bonds is 3. The van der Waals surface area contributed by atoms with Crippen LogP contribution >= 0.6 is 0 Å². The zero-order valence-electron chi connectivity index (χ0n) is 8.07. The molecule has 0 saturated heterocycles. The molecule has 0 aliphatic rings. The van der Waals surface area contributed by atoms with Crippen LogP contribution in [0.3, 0.4) is 0 Å². The number of aromatic nitrogens is 1. The molecule has 1 aromatic rings. The molecule has 1 aromatic heterocycles. The van der Waals surface area contributed by atoms with Crippen LogP contribution in [-0.2, 0) is 10.4 Å². The second-order valence-corrected chi connectivity index (χ2v) is 3.19. The Hall–Kier alpha value is -1.13. The molecule has 0 aromatic carbocycles. The number of nitrogens with zero attached hydrogens (tertiary/aromatic N) is 1. The summed E-state index contributed by atoms with van der Waals surface area (Å²) >= 11 is 0. The summed E-state index contributed by atoms with van der Waals surface area (Å²) in [5, 5.41) is 0. The van der Waals surface area contributed by atoms with E-state index in [1.165, 1.54) is 0 Å². The van der Waals surface area contributed by atoms with Crippen molar-refractivity contribution in [2.24, 2.45) is 5.90 Å². The van der Waals surface area contributed by atoms with Gasteiger partial charge < -0.3 is 4.74 Å². The summed E-state index contributed by atoms with van der Waals surface area (Å²) in [6.45, 7) is 3.68. The van der Waals surface area contributed by atoms with E-state index in [0.717, 1.165) is 5.69 Å². The minimum Gasteiger partial charge on any atom is -0.481 e. The van der Waals surface area contributed by atoms with E-state index in [-0.39, 0.29) is 0 Å². The van der Waals surface area contributed by atoms with Crippen molar-refractivity contribution < 1.29 is 9.57 Å². The van der Waals surface area contributed by atoms with Gasteiger partial charge >= 0.3 is 0 Å². The van der Waals surface area contributed by atoms with Crippen molar-refractivity contribution in [1.82, 2.24) is 4.98 Å². The van der Waals surface area contributed by atoms with Gasteiger partial charge in [0.05, 0.1) is 12.8 Å². The summed E-state index contributed by atoms with van der Waals surface area (Å²) in [5.74, 6) is 5.71. The molecule has 0 saturated carbocycles. The smallest absolute Gasteiger partial charge is 0.213 e. The van der Waals surface area contributed by atoms with Gasteiger partial charge in [-0.05, 0) is 19.9 Å². The number of ether oxygens (including phenoxy) is 1. The molecule has 13 heavy (non-hydrogen) atoms. The lowest BCUT2D eigenvalue weighted by Gasteiger charge is -2.21. The third-order valence-corrected chi connectivity index (χ3v) is 1.84. The minimum atomic E-state index is -0.589. The van der Waals surface area contributed by atoms with Crippen LogP contribution in [0.4, 0.5) is 0 Å². The van der Waals surface area contributed by atoms with Crippen LogP contribution in [0.1, 0.15) is 19.5 Å². The SMILES string of the molecule is COc1cccc(C(C)(C)ON)n1. The second kappa shape index (κ2) is 3.72. The Balaban J connectivity index is 3.01. The molecule has 0 atom stereocenters. The monoisotopic (exact) mass is 182 g/mol. The van der Waals surface area contributed by atoms with Gasteiger partial charge in [0.25, 0.3) is 0 Å². The molecule has 4 nitrogen and oxygen atoms in total. The van der Waals surface area contributed by atoms with E-state index in [0.29, 0.717) is 5.88 Å². The van der Waals surface area contributed by atoms with Gasteiger partial charge in [0.1, 0.15) is 5.60 Å². The topological polar surface area (TPSA) is 57.4 Å². The van der Waals surface area contributed by atoms with Crippen LogP contribution in [-0.4, -0.2) is 12.1 Å². The Morgan fingerprint density at radius 2 is 2.08 bits per heavy atom. The number of nitrogens with two attached hydrogens (primary N) is 1. The van der Waals surface area contributed by atoms with Gasteiger partial charge in [-0.2, -0.15) is 0 Å². The van der Waals surface area contributed by atoms with Gasteiger partial charge in [0, 0.05) is 6.07 Å². The van der Waals surface area contributed by atoms with Crippen LogP contribution in [0.25, 0.3) is 0 Å². The van der Waals surface area contributed by atoms with E-state index in [1.54, 1.807) is 13.2 Å². The molecule has 72 valence electrons. The molecule has 1 heterocycles. The number of hydrogen-bond acceptors (Lipinski definition) is 4. The Bertz CT molecular complexity index is 287. The maximum atomic E-state index is 5.15. The maximum Gasteiger partial charge on any atom is 0.213 e. The van der Waals surface area contributed by atoms with Crippen molar-refractivity contribution in [3.8, 4) is 5.88 Å². The van der Waals surface area contributed by atoms with E-state index in [9.17, 15) is 0 Å². The largest absolute Gasteiger partial charge is 0.481 e. The second-order valence-electron chi connectivity index (χ2n) is 3.19. The molecule has 4 heteroatoms. The maximum absolute atomic E-state index is 5.15. The van der Waals surface area contributed by atoms with E-state index < -0.39 is 5.60 Å². The predicted octanol–water partition coefficient (Wildman–Crippen LogP) is 1.22. The van der Waals surface area contributed by atoms with E-state index >= 15 is 0 Å². The first-order chi connectivity index (χ1) is 6.10. The highest BCUT2D eigenvalue weighted by Crippen LogP contribution is 2.22. The molecule has 0 amide bonds. The highest BCUT2D eigenvalue weighted by atomic mass is 16.6. The number of hydrogen-bond donors (Lipinski definition) is 1. The lowest BCUT2D eigenvalue weighted by atomic mass is 10.1. The summed E-state index contributed by atoms with van der Waals surface area (Å²) < 4.78 is 4.99. The third kappa shape index (κ3) is 2.17. The Labute approximate surface area is 77.6 Å². The Kier molecular flexibility index (Phi) is 2.85. The first kappa shape index (κ1) is 9.95. The van der Waals surface area contributed by atoms with Gasteiger partial charge in [0.2, 0.25) is 5.88 Å². The molecular formula is C9H14N2O2. The fraction of sp³-hybridized carbons (Fsp3) is 0.444. The zero-order valence-corrected chi connectivity index (χ0v) is 8.07. The lowest BCUT2D eigenvalue weighted by molar-refractivity contribution is -0.0271. The predicted molar refractivity (Wildman–Crippen MR) is 49.1 cm³/mol. The molecule has 0 aliphatic carbocycles. The first-order valence-corrected chi connectivity index (χ1v) is 3.99. The first-order valence-electron chi connectivity index (χ1n) is 3.99. The fourth-order valence-electron chi connectivity index (χ4n) is 0.924. The van der Waals surface area contributed by atoms with Crippen LogP contribution in [0.15, 0.2) is 18.2 Å². The van der Waals surface area contributed by atoms with Crippen LogP contribution in [0, 0.1) is 0 Å². The summed E-state index contributed by atoms with van der Waals surface area (Å²) in [6.07, 6.45) is 0. The summed E-state index contributed by atoms with van der Waals surface area (Å²) in [6, 6.07) is 5.47. The van der Waals surface area contributed by atoms with Crippen molar-refractivity contribution in [3.05, 3.63) is 23.9 Å². The van der Waals surface area contributed by atoms with E-state index in [1.807, 2.05) is 26.0 Å². The van der Waals surface area contributed by atoms with Crippen LogP contribution < -0.4 is 10.6 Å². The Morgan fingerprint density at radius 3 is 2.62 bits per heavy atom. The molecule has 2 N–H and O–H groups in total. The van der Waals surface area contributed by atoms with Crippen molar-refractivity contribution >= 4 is 0 Å². The normalized spacial score (nSPS) is 11.4. The molecule has 0 radical (unpaired) electrons. The third-order valence-electron chi connectivity index (χ3n) is 1.84. The van der Waals surface area contributed by atoms with Gasteiger partial charge in [-0.15, -0.1) is 0 Å². The van der Waals surface area contributed by atoms with E-state index in [4.69, 9.17) is 15.5 Å². The van der Waals surface area contributed by atoms with Crippen molar-refractivity contribution in [2.75, 3.05) is 7.11 Å². The minimum absolute atomic E-state index is 0.558. The molecule has 0 spiro atoms. The highest BCUT2D eigenvalue weighted by molar-refractivity contribution is 5.19.